The van der Waals surface area contributed by atoms with Gasteiger partial charge in [0.15, 0.2) is 0 Å². The SMILES string of the molecule is NCC1CCN1Cc1cc(F)cc(F)c1. The van der Waals surface area contributed by atoms with Crippen molar-refractivity contribution in [3.05, 3.63) is 35.4 Å². The molecule has 1 aromatic carbocycles. The van der Waals surface area contributed by atoms with Gasteiger partial charge in [-0.25, -0.2) is 8.78 Å². The molecule has 4 heteroatoms. The van der Waals surface area contributed by atoms with Crippen LogP contribution in [0.1, 0.15) is 12.0 Å². The Balaban J connectivity index is 2.04. The van der Waals surface area contributed by atoms with Crippen LogP contribution in [0.3, 0.4) is 0 Å². The van der Waals surface area contributed by atoms with Crippen molar-refractivity contribution in [1.29, 1.82) is 0 Å². The summed E-state index contributed by atoms with van der Waals surface area (Å²) >= 11 is 0. The summed E-state index contributed by atoms with van der Waals surface area (Å²) in [5.74, 6) is -1.04. The first-order valence-corrected chi connectivity index (χ1v) is 5.08. The maximum atomic E-state index is 12.9. The van der Waals surface area contributed by atoms with Crippen LogP contribution < -0.4 is 5.73 Å². The van der Waals surface area contributed by atoms with Crippen LogP contribution in [0, 0.1) is 11.6 Å². The Hall–Kier alpha value is -1.00. The van der Waals surface area contributed by atoms with E-state index in [4.69, 9.17) is 5.73 Å². The summed E-state index contributed by atoms with van der Waals surface area (Å²) in [6.45, 7) is 2.15. The van der Waals surface area contributed by atoms with Crippen LogP contribution in [-0.2, 0) is 6.54 Å². The molecule has 2 rings (SSSR count). The average Bonchev–Trinajstić information content (AvgIpc) is 2.12. The molecular weight excluding hydrogens is 198 g/mol. The fourth-order valence-corrected chi connectivity index (χ4v) is 1.91. The highest BCUT2D eigenvalue weighted by Crippen LogP contribution is 2.20. The van der Waals surface area contributed by atoms with E-state index >= 15 is 0 Å². The van der Waals surface area contributed by atoms with Crippen molar-refractivity contribution >= 4 is 0 Å². The highest BCUT2D eigenvalue weighted by Gasteiger charge is 2.26. The molecule has 0 spiro atoms. The van der Waals surface area contributed by atoms with E-state index in [0.717, 1.165) is 19.0 Å². The molecule has 0 saturated carbocycles. The van der Waals surface area contributed by atoms with E-state index in [1.807, 2.05) is 0 Å². The summed E-state index contributed by atoms with van der Waals surface area (Å²) in [6.07, 6.45) is 1.08. The van der Waals surface area contributed by atoms with Crippen molar-refractivity contribution in [3.8, 4) is 0 Å². The molecule has 2 N–H and O–H groups in total. The molecule has 1 aromatic rings. The third-order valence-corrected chi connectivity index (χ3v) is 2.85. The van der Waals surface area contributed by atoms with Gasteiger partial charge in [0.2, 0.25) is 0 Å². The summed E-state index contributed by atoms with van der Waals surface area (Å²) in [7, 11) is 0. The monoisotopic (exact) mass is 212 g/mol. The average molecular weight is 212 g/mol. The van der Waals surface area contributed by atoms with Gasteiger partial charge in [-0.15, -0.1) is 0 Å². The molecule has 2 nitrogen and oxygen atoms in total. The van der Waals surface area contributed by atoms with Crippen molar-refractivity contribution in [2.24, 2.45) is 5.73 Å². The summed E-state index contributed by atoms with van der Waals surface area (Å²) in [6, 6.07) is 4.00. The van der Waals surface area contributed by atoms with Crippen LogP contribution in [0.5, 0.6) is 0 Å². The Labute approximate surface area is 87.7 Å². The first kappa shape index (κ1) is 10.5. The van der Waals surface area contributed by atoms with E-state index in [-0.39, 0.29) is 0 Å². The summed E-state index contributed by atoms with van der Waals surface area (Å²) in [5.41, 5.74) is 6.22. The van der Waals surface area contributed by atoms with E-state index in [0.29, 0.717) is 24.7 Å². The molecule has 1 saturated heterocycles. The maximum absolute atomic E-state index is 12.9. The van der Waals surface area contributed by atoms with Crippen LogP contribution in [0.25, 0.3) is 0 Å². The van der Waals surface area contributed by atoms with Gasteiger partial charge in [0.25, 0.3) is 0 Å². The Morgan fingerprint density at radius 2 is 1.93 bits per heavy atom. The topological polar surface area (TPSA) is 29.3 Å². The molecule has 82 valence electrons. The number of rotatable bonds is 3. The minimum absolute atomic E-state index is 0.372. The Bertz CT molecular complexity index is 332. The van der Waals surface area contributed by atoms with E-state index in [2.05, 4.69) is 4.90 Å². The lowest BCUT2D eigenvalue weighted by molar-refractivity contribution is 0.0880. The predicted molar refractivity (Wildman–Crippen MR) is 54.2 cm³/mol. The van der Waals surface area contributed by atoms with Crippen molar-refractivity contribution < 1.29 is 8.78 Å². The lowest BCUT2D eigenvalue weighted by Gasteiger charge is -2.40. The molecule has 1 aliphatic heterocycles. The second-order valence-electron chi connectivity index (χ2n) is 3.93. The summed E-state index contributed by atoms with van der Waals surface area (Å²) < 4.78 is 25.8. The lowest BCUT2D eigenvalue weighted by atomic mass is 10.0. The van der Waals surface area contributed by atoms with Gasteiger partial charge in [-0.3, -0.25) is 4.90 Å². The van der Waals surface area contributed by atoms with Gasteiger partial charge < -0.3 is 5.73 Å². The number of benzene rings is 1. The first-order valence-electron chi connectivity index (χ1n) is 5.08. The van der Waals surface area contributed by atoms with Crippen LogP contribution in [0.2, 0.25) is 0 Å². The lowest BCUT2D eigenvalue weighted by Crippen LogP contribution is -2.50. The van der Waals surface area contributed by atoms with Gasteiger partial charge >= 0.3 is 0 Å². The molecule has 0 amide bonds. The van der Waals surface area contributed by atoms with E-state index < -0.39 is 11.6 Å². The number of nitrogens with two attached hydrogens (primary N) is 1. The highest BCUT2D eigenvalue weighted by molar-refractivity contribution is 5.18. The number of halogens is 2. The fraction of sp³-hybridized carbons (Fsp3) is 0.455. The molecule has 0 bridgehead atoms. The number of nitrogens with zero attached hydrogens (tertiary/aromatic N) is 1. The van der Waals surface area contributed by atoms with Crippen molar-refractivity contribution in [2.75, 3.05) is 13.1 Å². The number of likely N-dealkylation sites (tertiary alicyclic amines) is 1. The molecule has 0 aromatic heterocycles. The van der Waals surface area contributed by atoms with Crippen LogP contribution in [0.15, 0.2) is 18.2 Å². The van der Waals surface area contributed by atoms with Crippen LogP contribution >= 0.6 is 0 Å². The van der Waals surface area contributed by atoms with Gasteiger partial charge in [0, 0.05) is 31.7 Å². The molecule has 1 heterocycles. The van der Waals surface area contributed by atoms with Crippen LogP contribution in [-0.4, -0.2) is 24.0 Å². The molecule has 1 fully saturated rings. The minimum atomic E-state index is -0.519. The van der Waals surface area contributed by atoms with Gasteiger partial charge in [0.05, 0.1) is 0 Å². The Morgan fingerprint density at radius 3 is 2.40 bits per heavy atom. The third-order valence-electron chi connectivity index (χ3n) is 2.85. The number of hydrogen-bond donors (Lipinski definition) is 1. The van der Waals surface area contributed by atoms with Crippen molar-refractivity contribution in [3.63, 3.8) is 0 Å². The standard InChI is InChI=1S/C11H14F2N2/c12-9-3-8(4-10(13)5-9)7-15-2-1-11(15)6-14/h3-5,11H,1-2,6-7,14H2. The number of hydrogen-bond acceptors (Lipinski definition) is 2. The van der Waals surface area contributed by atoms with Crippen molar-refractivity contribution in [1.82, 2.24) is 4.90 Å². The van der Waals surface area contributed by atoms with E-state index in [9.17, 15) is 8.78 Å². The predicted octanol–water partition coefficient (Wildman–Crippen LogP) is 1.50. The fourth-order valence-electron chi connectivity index (χ4n) is 1.91. The normalized spacial score (nSPS) is 21.4. The molecule has 0 radical (unpaired) electrons. The van der Waals surface area contributed by atoms with Gasteiger partial charge in [-0.05, 0) is 24.1 Å². The molecular formula is C11H14F2N2. The molecule has 15 heavy (non-hydrogen) atoms. The van der Waals surface area contributed by atoms with E-state index in [1.54, 1.807) is 0 Å². The zero-order valence-electron chi connectivity index (χ0n) is 8.42. The minimum Gasteiger partial charge on any atom is -0.329 e. The zero-order valence-corrected chi connectivity index (χ0v) is 8.42. The third kappa shape index (κ3) is 2.33. The highest BCUT2D eigenvalue weighted by atomic mass is 19.1. The van der Waals surface area contributed by atoms with Crippen molar-refractivity contribution in [2.45, 2.75) is 19.0 Å². The molecule has 0 aliphatic carbocycles. The van der Waals surface area contributed by atoms with E-state index in [1.165, 1.54) is 12.1 Å². The zero-order chi connectivity index (χ0) is 10.8. The largest absolute Gasteiger partial charge is 0.329 e. The smallest absolute Gasteiger partial charge is 0.126 e. The first-order chi connectivity index (χ1) is 7.19. The van der Waals surface area contributed by atoms with Gasteiger partial charge in [-0.1, -0.05) is 0 Å². The molecule has 1 aliphatic rings. The van der Waals surface area contributed by atoms with Crippen LogP contribution in [0.4, 0.5) is 8.78 Å². The molecule has 1 atom stereocenters. The quantitative estimate of drug-likeness (QED) is 0.822. The Morgan fingerprint density at radius 1 is 1.27 bits per heavy atom. The Kier molecular flexibility index (Phi) is 2.98. The summed E-state index contributed by atoms with van der Waals surface area (Å²) in [4.78, 5) is 2.13. The second-order valence-corrected chi connectivity index (χ2v) is 3.93. The molecule has 1 unspecified atom stereocenters. The van der Waals surface area contributed by atoms with Gasteiger partial charge in [-0.2, -0.15) is 0 Å². The summed E-state index contributed by atoms with van der Waals surface area (Å²) in [5, 5.41) is 0. The maximum Gasteiger partial charge on any atom is 0.126 e. The second kappa shape index (κ2) is 4.24. The van der Waals surface area contributed by atoms with Gasteiger partial charge in [0.1, 0.15) is 11.6 Å².